The van der Waals surface area contributed by atoms with Crippen molar-refractivity contribution < 1.29 is 4.74 Å². The number of nitrogens with zero attached hydrogens (tertiary/aromatic N) is 2. The predicted octanol–water partition coefficient (Wildman–Crippen LogP) is 3.58. The summed E-state index contributed by atoms with van der Waals surface area (Å²) in [6, 6.07) is 8.30. The van der Waals surface area contributed by atoms with Crippen LogP contribution in [0.3, 0.4) is 0 Å². The van der Waals surface area contributed by atoms with Crippen molar-refractivity contribution in [1.29, 1.82) is 0 Å². The second kappa shape index (κ2) is 11.5. The molecule has 0 radical (unpaired) electrons. The molecule has 1 heterocycles. The number of rotatable bonds is 10. The highest BCUT2D eigenvalue weighted by atomic mass is 32.1. The zero-order chi connectivity index (χ0) is 18.6. The summed E-state index contributed by atoms with van der Waals surface area (Å²) in [6.07, 6.45) is 6.15. The van der Waals surface area contributed by atoms with Crippen molar-refractivity contribution in [1.82, 2.24) is 15.6 Å². The molecule has 6 heteroatoms. The number of aliphatic imine (C=N–C) groups is 1. The van der Waals surface area contributed by atoms with Crippen LogP contribution in [0.1, 0.15) is 35.2 Å². The molecular weight excluding hydrogens is 344 g/mol. The van der Waals surface area contributed by atoms with Crippen molar-refractivity contribution in [2.75, 3.05) is 26.7 Å². The maximum Gasteiger partial charge on any atom is 0.191 e. The summed E-state index contributed by atoms with van der Waals surface area (Å²) in [4.78, 5) is 10.3. The van der Waals surface area contributed by atoms with E-state index in [0.717, 1.165) is 57.0 Å². The van der Waals surface area contributed by atoms with Crippen molar-refractivity contribution in [3.05, 3.63) is 45.9 Å². The van der Waals surface area contributed by atoms with Gasteiger partial charge in [0.2, 0.25) is 0 Å². The first-order chi connectivity index (χ1) is 12.7. The first-order valence-corrected chi connectivity index (χ1v) is 10.1. The number of methoxy groups -OCH3 is 1. The summed E-state index contributed by atoms with van der Waals surface area (Å²) in [5, 5.41) is 7.87. The highest BCUT2D eigenvalue weighted by molar-refractivity contribution is 7.11. The predicted molar refractivity (Wildman–Crippen MR) is 110 cm³/mol. The Labute approximate surface area is 160 Å². The fraction of sp³-hybridized carbons (Fsp3) is 0.500. The molecule has 1 aromatic heterocycles. The molecule has 0 spiro atoms. The van der Waals surface area contributed by atoms with Gasteiger partial charge in [-0.05, 0) is 50.8 Å². The third-order valence-electron chi connectivity index (χ3n) is 3.95. The number of ether oxygens (including phenoxy) is 1. The Morgan fingerprint density at radius 3 is 2.62 bits per heavy atom. The molecule has 5 nitrogen and oxygen atoms in total. The molecule has 0 saturated heterocycles. The van der Waals surface area contributed by atoms with Gasteiger partial charge in [-0.1, -0.05) is 12.1 Å². The standard InChI is InChI=1S/C20H30N4OS/c1-4-21-20(23-14-12-19-24-15-16(2)26-19)22-13-6-5-7-17-8-10-18(25-3)11-9-17/h8-11,15H,4-7,12-14H2,1-3H3,(H2,21,22,23). The number of aromatic nitrogens is 1. The van der Waals surface area contributed by atoms with E-state index in [1.807, 2.05) is 18.3 Å². The van der Waals surface area contributed by atoms with Gasteiger partial charge in [0.1, 0.15) is 5.75 Å². The SMILES string of the molecule is CCNC(=NCCCCc1ccc(OC)cc1)NCCc1ncc(C)s1. The monoisotopic (exact) mass is 374 g/mol. The molecule has 0 aliphatic carbocycles. The molecule has 0 bridgehead atoms. The van der Waals surface area contributed by atoms with Crippen LogP contribution in [0.15, 0.2) is 35.5 Å². The molecule has 0 unspecified atom stereocenters. The van der Waals surface area contributed by atoms with Gasteiger partial charge in [0.15, 0.2) is 5.96 Å². The molecule has 0 amide bonds. The van der Waals surface area contributed by atoms with Gasteiger partial charge in [0.05, 0.1) is 12.1 Å². The lowest BCUT2D eigenvalue weighted by Gasteiger charge is -2.10. The van der Waals surface area contributed by atoms with Crippen molar-refractivity contribution in [3.8, 4) is 5.75 Å². The number of thiazole rings is 1. The molecule has 142 valence electrons. The van der Waals surface area contributed by atoms with Crippen LogP contribution in [0.4, 0.5) is 0 Å². The normalized spacial score (nSPS) is 11.4. The topological polar surface area (TPSA) is 58.5 Å². The Hall–Kier alpha value is -2.08. The lowest BCUT2D eigenvalue weighted by atomic mass is 10.1. The van der Waals surface area contributed by atoms with Gasteiger partial charge in [0, 0.05) is 37.1 Å². The summed E-state index contributed by atoms with van der Waals surface area (Å²) >= 11 is 1.76. The van der Waals surface area contributed by atoms with E-state index < -0.39 is 0 Å². The summed E-state index contributed by atoms with van der Waals surface area (Å²) < 4.78 is 5.19. The Kier molecular flexibility index (Phi) is 8.96. The number of unbranched alkanes of at least 4 members (excludes halogenated alkanes) is 1. The Morgan fingerprint density at radius 1 is 1.15 bits per heavy atom. The number of aryl methyl sites for hydroxylation is 2. The van der Waals surface area contributed by atoms with E-state index in [4.69, 9.17) is 4.74 Å². The van der Waals surface area contributed by atoms with Gasteiger partial charge in [-0.15, -0.1) is 11.3 Å². The van der Waals surface area contributed by atoms with Crippen molar-refractivity contribution in [2.24, 2.45) is 4.99 Å². The minimum absolute atomic E-state index is 0.835. The van der Waals surface area contributed by atoms with Crippen LogP contribution < -0.4 is 15.4 Å². The van der Waals surface area contributed by atoms with Gasteiger partial charge in [0.25, 0.3) is 0 Å². The molecule has 0 aliphatic rings. The number of hydrogen-bond donors (Lipinski definition) is 2. The van der Waals surface area contributed by atoms with E-state index in [-0.39, 0.29) is 0 Å². The van der Waals surface area contributed by atoms with Gasteiger partial charge in [-0.3, -0.25) is 4.99 Å². The van der Waals surface area contributed by atoms with Gasteiger partial charge in [-0.25, -0.2) is 4.98 Å². The van der Waals surface area contributed by atoms with E-state index >= 15 is 0 Å². The number of nitrogens with one attached hydrogen (secondary N) is 2. The minimum Gasteiger partial charge on any atom is -0.497 e. The summed E-state index contributed by atoms with van der Waals surface area (Å²) in [5.74, 6) is 1.80. The fourth-order valence-corrected chi connectivity index (χ4v) is 3.36. The molecule has 0 atom stereocenters. The van der Waals surface area contributed by atoms with Crippen molar-refractivity contribution in [3.63, 3.8) is 0 Å². The number of hydrogen-bond acceptors (Lipinski definition) is 4. The molecule has 1 aromatic carbocycles. The van der Waals surface area contributed by atoms with E-state index in [0.29, 0.717) is 0 Å². The first kappa shape index (κ1) is 20.2. The zero-order valence-corrected chi connectivity index (χ0v) is 16.9. The van der Waals surface area contributed by atoms with Crippen LogP contribution in [0.5, 0.6) is 5.75 Å². The van der Waals surface area contributed by atoms with Crippen molar-refractivity contribution in [2.45, 2.75) is 39.5 Å². The Bertz CT molecular complexity index is 667. The zero-order valence-electron chi connectivity index (χ0n) is 16.0. The maximum atomic E-state index is 5.19. The molecule has 0 saturated carbocycles. The van der Waals surface area contributed by atoms with Crippen LogP contribution in [0.25, 0.3) is 0 Å². The fourth-order valence-electron chi connectivity index (χ4n) is 2.57. The van der Waals surface area contributed by atoms with Crippen LogP contribution in [-0.2, 0) is 12.8 Å². The lowest BCUT2D eigenvalue weighted by Crippen LogP contribution is -2.38. The number of benzene rings is 1. The van der Waals surface area contributed by atoms with E-state index in [2.05, 4.69) is 46.6 Å². The molecule has 26 heavy (non-hydrogen) atoms. The third kappa shape index (κ3) is 7.44. The molecule has 2 N–H and O–H groups in total. The van der Waals surface area contributed by atoms with Gasteiger partial charge < -0.3 is 15.4 Å². The highest BCUT2D eigenvalue weighted by Crippen LogP contribution is 2.13. The van der Waals surface area contributed by atoms with Gasteiger partial charge in [-0.2, -0.15) is 0 Å². The summed E-state index contributed by atoms with van der Waals surface area (Å²) in [5.41, 5.74) is 1.35. The summed E-state index contributed by atoms with van der Waals surface area (Å²) in [7, 11) is 1.70. The summed E-state index contributed by atoms with van der Waals surface area (Å²) in [6.45, 7) is 6.73. The average Bonchev–Trinajstić information content (AvgIpc) is 3.07. The van der Waals surface area contributed by atoms with Crippen LogP contribution in [0.2, 0.25) is 0 Å². The number of guanidine groups is 1. The highest BCUT2D eigenvalue weighted by Gasteiger charge is 2.01. The van der Waals surface area contributed by atoms with Crippen LogP contribution in [-0.4, -0.2) is 37.7 Å². The smallest absolute Gasteiger partial charge is 0.191 e. The molecule has 0 fully saturated rings. The Balaban J connectivity index is 1.66. The van der Waals surface area contributed by atoms with Crippen LogP contribution in [0, 0.1) is 6.92 Å². The second-order valence-electron chi connectivity index (χ2n) is 6.11. The quantitative estimate of drug-likeness (QED) is 0.379. The lowest BCUT2D eigenvalue weighted by molar-refractivity contribution is 0.414. The third-order valence-corrected chi connectivity index (χ3v) is 4.92. The maximum absolute atomic E-state index is 5.19. The second-order valence-corrected chi connectivity index (χ2v) is 7.43. The molecule has 2 aromatic rings. The van der Waals surface area contributed by atoms with E-state index in [1.165, 1.54) is 15.4 Å². The van der Waals surface area contributed by atoms with Gasteiger partial charge >= 0.3 is 0 Å². The average molecular weight is 375 g/mol. The van der Waals surface area contributed by atoms with Crippen LogP contribution >= 0.6 is 11.3 Å². The molecular formula is C20H30N4OS. The Morgan fingerprint density at radius 2 is 1.96 bits per heavy atom. The molecule has 0 aliphatic heterocycles. The molecule has 2 rings (SSSR count). The first-order valence-electron chi connectivity index (χ1n) is 9.27. The van der Waals surface area contributed by atoms with E-state index in [1.54, 1.807) is 18.4 Å². The minimum atomic E-state index is 0.835. The largest absolute Gasteiger partial charge is 0.497 e. The van der Waals surface area contributed by atoms with Crippen molar-refractivity contribution >= 4 is 17.3 Å². The van der Waals surface area contributed by atoms with E-state index in [9.17, 15) is 0 Å².